The number of carboxylic acids is 2. The van der Waals surface area contributed by atoms with Crippen molar-refractivity contribution < 1.29 is 19.8 Å². The second-order valence-corrected chi connectivity index (χ2v) is 3.94. The van der Waals surface area contributed by atoms with E-state index in [1.54, 1.807) is 7.05 Å². The van der Waals surface area contributed by atoms with Crippen molar-refractivity contribution in [2.24, 2.45) is 11.7 Å². The minimum absolute atomic E-state index is 0.389. The van der Waals surface area contributed by atoms with Crippen LogP contribution in [0.4, 0.5) is 0 Å². The van der Waals surface area contributed by atoms with Crippen molar-refractivity contribution in [3.8, 4) is 0 Å². The third-order valence-corrected chi connectivity index (χ3v) is 1.74. The van der Waals surface area contributed by atoms with Gasteiger partial charge in [0.2, 0.25) is 0 Å². The summed E-state index contributed by atoms with van der Waals surface area (Å²) >= 11 is 0. The number of hydrogen-bond acceptors (Lipinski definition) is 4. The van der Waals surface area contributed by atoms with E-state index in [9.17, 15) is 9.59 Å². The summed E-state index contributed by atoms with van der Waals surface area (Å²) in [6, 6.07) is -1.12. The molecule has 0 spiro atoms. The van der Waals surface area contributed by atoms with Gasteiger partial charge in [0.15, 0.2) is 0 Å². The highest BCUT2D eigenvalue weighted by Crippen LogP contribution is 2.03. The third kappa shape index (κ3) is 10.9. The van der Waals surface area contributed by atoms with Gasteiger partial charge in [-0.1, -0.05) is 13.8 Å². The fourth-order valence-corrected chi connectivity index (χ4v) is 0.814. The molecule has 0 rings (SSSR count). The highest BCUT2D eigenvalue weighted by molar-refractivity contribution is 5.73. The Hall–Kier alpha value is -1.14. The number of nitrogens with two attached hydrogens (primary N) is 1. The highest BCUT2D eigenvalue weighted by atomic mass is 16.4. The second-order valence-electron chi connectivity index (χ2n) is 3.94. The molecule has 0 saturated carbocycles. The molecule has 0 aromatic rings. The van der Waals surface area contributed by atoms with E-state index in [0.717, 1.165) is 0 Å². The fourth-order valence-electron chi connectivity index (χ4n) is 0.814. The number of likely N-dealkylation sites (N-methyl/N-ethyl adjacent to an activating group) is 1. The molecule has 0 aliphatic carbocycles. The number of rotatable bonds is 5. The highest BCUT2D eigenvalue weighted by Gasteiger charge is 2.15. The van der Waals surface area contributed by atoms with E-state index in [-0.39, 0.29) is 6.04 Å². The average molecular weight is 234 g/mol. The fraction of sp³-hybridized carbons (Fsp3) is 0.800. The van der Waals surface area contributed by atoms with E-state index in [1.165, 1.54) is 6.92 Å². The van der Waals surface area contributed by atoms with Crippen LogP contribution >= 0.6 is 0 Å². The predicted octanol–water partition coefficient (Wildman–Crippen LogP) is 0.123. The number of carboxylic acid groups (broad SMARTS) is 2. The second kappa shape index (κ2) is 9.11. The maximum atomic E-state index is 10.4. The van der Waals surface area contributed by atoms with Crippen LogP contribution in [-0.4, -0.2) is 41.3 Å². The van der Waals surface area contributed by atoms with Gasteiger partial charge in [0.25, 0.3) is 0 Å². The van der Waals surface area contributed by atoms with Gasteiger partial charge in [-0.25, -0.2) is 0 Å². The molecule has 0 aromatic heterocycles. The summed E-state index contributed by atoms with van der Waals surface area (Å²) in [5.41, 5.74) is 4.84. The smallest absolute Gasteiger partial charge is 0.320 e. The van der Waals surface area contributed by atoms with Crippen LogP contribution in [0, 0.1) is 5.92 Å². The largest absolute Gasteiger partial charge is 0.480 e. The lowest BCUT2D eigenvalue weighted by atomic mass is 10.0. The summed E-state index contributed by atoms with van der Waals surface area (Å²) in [4.78, 5) is 20.0. The number of nitrogens with one attached hydrogen (secondary N) is 1. The lowest BCUT2D eigenvalue weighted by molar-refractivity contribution is -0.140. The van der Waals surface area contributed by atoms with Crippen LogP contribution in [0.3, 0.4) is 0 Å². The molecule has 0 amide bonds. The molecule has 0 aliphatic heterocycles. The molecule has 5 N–H and O–H groups in total. The van der Waals surface area contributed by atoms with Crippen LogP contribution in [0.1, 0.15) is 27.2 Å². The Morgan fingerprint density at radius 1 is 1.19 bits per heavy atom. The first-order valence-electron chi connectivity index (χ1n) is 5.10. The first-order valence-corrected chi connectivity index (χ1v) is 5.10. The molecule has 0 heterocycles. The zero-order chi connectivity index (χ0) is 13.3. The Bertz CT molecular complexity index is 217. The minimum atomic E-state index is -0.963. The molecule has 0 aliphatic rings. The zero-order valence-electron chi connectivity index (χ0n) is 10.2. The summed E-state index contributed by atoms with van der Waals surface area (Å²) in [5.74, 6) is -1.31. The van der Waals surface area contributed by atoms with Gasteiger partial charge in [-0.3, -0.25) is 9.59 Å². The normalized spacial score (nSPS) is 13.6. The molecule has 0 fully saturated rings. The van der Waals surface area contributed by atoms with Crippen molar-refractivity contribution in [3.63, 3.8) is 0 Å². The summed E-state index contributed by atoms with van der Waals surface area (Å²) < 4.78 is 0. The van der Waals surface area contributed by atoms with Gasteiger partial charge in [-0.05, 0) is 26.3 Å². The Kier molecular flexibility index (Phi) is 9.83. The molecule has 6 heteroatoms. The third-order valence-electron chi connectivity index (χ3n) is 1.74. The molecule has 2 atom stereocenters. The van der Waals surface area contributed by atoms with Crippen molar-refractivity contribution in [2.75, 3.05) is 7.05 Å². The van der Waals surface area contributed by atoms with Crippen molar-refractivity contribution in [1.29, 1.82) is 0 Å². The van der Waals surface area contributed by atoms with E-state index in [2.05, 4.69) is 5.32 Å². The van der Waals surface area contributed by atoms with E-state index in [1.807, 2.05) is 13.8 Å². The van der Waals surface area contributed by atoms with E-state index in [0.29, 0.717) is 12.3 Å². The first-order chi connectivity index (χ1) is 7.22. The molecule has 16 heavy (non-hydrogen) atoms. The van der Waals surface area contributed by atoms with Gasteiger partial charge in [-0.15, -0.1) is 0 Å². The van der Waals surface area contributed by atoms with Gasteiger partial charge in [-0.2, -0.15) is 0 Å². The number of carbonyl (C=O) groups is 2. The van der Waals surface area contributed by atoms with E-state index >= 15 is 0 Å². The Morgan fingerprint density at radius 3 is 1.62 bits per heavy atom. The van der Waals surface area contributed by atoms with Crippen LogP contribution in [0.25, 0.3) is 0 Å². The minimum Gasteiger partial charge on any atom is -0.480 e. The van der Waals surface area contributed by atoms with Crippen LogP contribution in [0.5, 0.6) is 0 Å². The Morgan fingerprint density at radius 2 is 1.56 bits per heavy atom. The molecule has 0 bridgehead atoms. The maximum absolute atomic E-state index is 10.4. The lowest BCUT2D eigenvalue weighted by Crippen LogP contribution is -2.34. The Balaban J connectivity index is 0. The zero-order valence-corrected chi connectivity index (χ0v) is 10.2. The van der Waals surface area contributed by atoms with Crippen LogP contribution in [0.15, 0.2) is 0 Å². The standard InChI is InChI=1S/C7H15NO2.C3H7NO2/c1-5(2)4-6(8-3)7(9)10;1-2(4)3(5)6/h5-6,8H,4H2,1-3H3,(H,9,10);2H,4H2,1H3,(H,5,6). The van der Waals surface area contributed by atoms with E-state index < -0.39 is 18.0 Å². The maximum Gasteiger partial charge on any atom is 0.320 e. The summed E-state index contributed by atoms with van der Waals surface area (Å²) in [6.45, 7) is 5.43. The summed E-state index contributed by atoms with van der Waals surface area (Å²) in [5, 5.41) is 19.2. The molecule has 6 nitrogen and oxygen atoms in total. The van der Waals surface area contributed by atoms with Crippen molar-refractivity contribution >= 4 is 11.9 Å². The molecule has 0 radical (unpaired) electrons. The molecular formula is C10H22N2O4. The monoisotopic (exact) mass is 234 g/mol. The quantitative estimate of drug-likeness (QED) is 0.537. The van der Waals surface area contributed by atoms with Crippen molar-refractivity contribution in [3.05, 3.63) is 0 Å². The number of aliphatic carboxylic acids is 2. The SMILES string of the molecule is CC(N)C(=O)O.CNC(CC(C)C)C(=O)O. The van der Waals surface area contributed by atoms with Crippen molar-refractivity contribution in [1.82, 2.24) is 5.32 Å². The van der Waals surface area contributed by atoms with Gasteiger partial charge >= 0.3 is 11.9 Å². The Labute approximate surface area is 95.8 Å². The van der Waals surface area contributed by atoms with Crippen LogP contribution in [0.2, 0.25) is 0 Å². The van der Waals surface area contributed by atoms with Gasteiger partial charge in [0.05, 0.1) is 0 Å². The molecular weight excluding hydrogens is 212 g/mol. The lowest BCUT2D eigenvalue weighted by Gasteiger charge is -2.12. The number of hydrogen-bond donors (Lipinski definition) is 4. The van der Waals surface area contributed by atoms with Gasteiger partial charge in [0.1, 0.15) is 12.1 Å². The molecule has 2 unspecified atom stereocenters. The molecule has 96 valence electrons. The topological polar surface area (TPSA) is 113 Å². The average Bonchev–Trinajstić information content (AvgIpc) is 2.14. The van der Waals surface area contributed by atoms with Crippen LogP contribution in [-0.2, 0) is 9.59 Å². The molecule has 0 aromatic carbocycles. The molecule has 0 saturated heterocycles. The van der Waals surface area contributed by atoms with Gasteiger partial charge in [0, 0.05) is 0 Å². The van der Waals surface area contributed by atoms with E-state index in [4.69, 9.17) is 15.9 Å². The summed E-state index contributed by atoms with van der Waals surface area (Å²) in [6.07, 6.45) is 0.686. The van der Waals surface area contributed by atoms with Gasteiger partial charge < -0.3 is 21.3 Å². The van der Waals surface area contributed by atoms with Crippen LogP contribution < -0.4 is 11.1 Å². The first kappa shape index (κ1) is 17.3. The predicted molar refractivity (Wildman–Crippen MR) is 61.2 cm³/mol. The summed E-state index contributed by atoms with van der Waals surface area (Å²) in [7, 11) is 1.67. The van der Waals surface area contributed by atoms with Crippen molar-refractivity contribution in [2.45, 2.75) is 39.3 Å².